The number of imidazole rings is 1. The third kappa shape index (κ3) is 3.58. The molecule has 0 saturated heterocycles. The average molecular weight is 303 g/mol. The zero-order chi connectivity index (χ0) is 15.4. The van der Waals surface area contributed by atoms with E-state index in [1.165, 1.54) is 0 Å². The molecule has 120 valence electrons. The number of nitrogens with zero attached hydrogens (tertiary/aromatic N) is 6. The molecule has 0 saturated carbocycles. The molecule has 3 rings (SSSR count). The fraction of sp³-hybridized carbons (Fsp3) is 0.667. The van der Waals surface area contributed by atoms with E-state index in [4.69, 9.17) is 5.73 Å². The van der Waals surface area contributed by atoms with Gasteiger partial charge in [0, 0.05) is 45.3 Å². The highest BCUT2D eigenvalue weighted by atomic mass is 15.3. The maximum atomic E-state index is 5.89. The van der Waals surface area contributed by atoms with Crippen molar-refractivity contribution in [3.63, 3.8) is 0 Å². The summed E-state index contributed by atoms with van der Waals surface area (Å²) in [5.74, 6) is 0.686. The van der Waals surface area contributed by atoms with Crippen molar-refractivity contribution >= 4 is 12.3 Å². The van der Waals surface area contributed by atoms with E-state index in [-0.39, 0.29) is 0 Å². The first-order valence-electron chi connectivity index (χ1n) is 8.07. The Hall–Kier alpha value is -2.05. The van der Waals surface area contributed by atoms with Gasteiger partial charge in [0.1, 0.15) is 0 Å². The number of aromatic nitrogens is 2. The van der Waals surface area contributed by atoms with Crippen molar-refractivity contribution in [3.05, 3.63) is 18.2 Å². The van der Waals surface area contributed by atoms with Gasteiger partial charge in [-0.3, -0.25) is 4.99 Å². The lowest BCUT2D eigenvalue weighted by molar-refractivity contribution is 0.419. The van der Waals surface area contributed by atoms with E-state index in [1.54, 1.807) is 0 Å². The first-order valence-corrected chi connectivity index (χ1v) is 8.07. The lowest BCUT2D eigenvalue weighted by Crippen LogP contribution is -2.34. The second-order valence-corrected chi connectivity index (χ2v) is 5.88. The van der Waals surface area contributed by atoms with Gasteiger partial charge in [-0.15, -0.1) is 0 Å². The maximum absolute atomic E-state index is 5.89. The van der Waals surface area contributed by atoms with Gasteiger partial charge in [0.05, 0.1) is 30.9 Å². The molecule has 7 nitrogen and oxygen atoms in total. The lowest BCUT2D eigenvalue weighted by atomic mass is 10.2. The highest BCUT2D eigenvalue weighted by Gasteiger charge is 2.21. The van der Waals surface area contributed by atoms with E-state index in [2.05, 4.69) is 42.5 Å². The van der Waals surface area contributed by atoms with Gasteiger partial charge in [0.15, 0.2) is 5.96 Å². The minimum absolute atomic E-state index is 0.312. The Morgan fingerprint density at radius 1 is 1.36 bits per heavy atom. The Labute approximate surface area is 131 Å². The first kappa shape index (κ1) is 14.9. The molecule has 2 aliphatic heterocycles. The van der Waals surface area contributed by atoms with Crippen molar-refractivity contribution in [3.8, 4) is 0 Å². The van der Waals surface area contributed by atoms with Crippen LogP contribution in [0.5, 0.6) is 0 Å². The Balaban J connectivity index is 1.43. The minimum atomic E-state index is 0.312. The fourth-order valence-electron chi connectivity index (χ4n) is 2.91. The molecule has 0 amide bonds. The summed E-state index contributed by atoms with van der Waals surface area (Å²) >= 11 is 0. The van der Waals surface area contributed by atoms with Crippen LogP contribution in [-0.2, 0) is 13.0 Å². The largest absolute Gasteiger partial charge is 0.370 e. The molecule has 1 aromatic heterocycles. The molecule has 0 bridgehead atoms. The van der Waals surface area contributed by atoms with Crippen molar-refractivity contribution in [2.45, 2.75) is 32.4 Å². The second-order valence-electron chi connectivity index (χ2n) is 5.88. The van der Waals surface area contributed by atoms with Gasteiger partial charge in [-0.2, -0.15) is 0 Å². The quantitative estimate of drug-likeness (QED) is 0.779. The zero-order valence-corrected chi connectivity index (χ0v) is 13.2. The SMILES string of the molecule is CCN1CC(CCn2cnc(CCN3C=NCC3)c2)N=C1N. The molecular weight excluding hydrogens is 278 g/mol. The van der Waals surface area contributed by atoms with Crippen LogP contribution in [0.3, 0.4) is 0 Å². The average Bonchev–Trinajstić information content (AvgIpc) is 3.24. The molecule has 0 fully saturated rings. The molecule has 2 aliphatic rings. The Bertz CT molecular complexity index is 548. The number of aryl methyl sites for hydroxylation is 1. The molecule has 1 aromatic rings. The van der Waals surface area contributed by atoms with Crippen LogP contribution in [-0.4, -0.2) is 70.4 Å². The summed E-state index contributed by atoms with van der Waals surface area (Å²) in [5.41, 5.74) is 7.04. The van der Waals surface area contributed by atoms with E-state index in [0.717, 1.165) is 57.8 Å². The van der Waals surface area contributed by atoms with Crippen LogP contribution in [0, 0.1) is 0 Å². The van der Waals surface area contributed by atoms with Crippen molar-refractivity contribution < 1.29 is 0 Å². The molecule has 1 unspecified atom stereocenters. The molecular formula is C15H25N7. The Kier molecular flexibility index (Phi) is 4.60. The minimum Gasteiger partial charge on any atom is -0.370 e. The van der Waals surface area contributed by atoms with Crippen molar-refractivity contribution in [2.75, 3.05) is 32.7 Å². The third-order valence-electron chi connectivity index (χ3n) is 4.28. The van der Waals surface area contributed by atoms with Gasteiger partial charge in [-0.1, -0.05) is 0 Å². The number of nitrogens with two attached hydrogens (primary N) is 1. The van der Waals surface area contributed by atoms with E-state index in [1.807, 2.05) is 12.7 Å². The second kappa shape index (κ2) is 6.81. The third-order valence-corrected chi connectivity index (χ3v) is 4.28. The molecule has 0 aliphatic carbocycles. The number of aliphatic imine (C=N–C) groups is 2. The summed E-state index contributed by atoms with van der Waals surface area (Å²) in [6.45, 7) is 7.88. The van der Waals surface area contributed by atoms with Gasteiger partial charge >= 0.3 is 0 Å². The van der Waals surface area contributed by atoms with Crippen LogP contribution in [0.25, 0.3) is 0 Å². The Morgan fingerprint density at radius 2 is 2.27 bits per heavy atom. The van der Waals surface area contributed by atoms with Crippen LogP contribution in [0.1, 0.15) is 19.0 Å². The van der Waals surface area contributed by atoms with Crippen LogP contribution in [0.15, 0.2) is 22.5 Å². The van der Waals surface area contributed by atoms with Gasteiger partial charge in [-0.05, 0) is 13.3 Å². The van der Waals surface area contributed by atoms with Gasteiger partial charge in [0.25, 0.3) is 0 Å². The maximum Gasteiger partial charge on any atom is 0.191 e. The summed E-state index contributed by atoms with van der Waals surface area (Å²) in [6, 6.07) is 0.312. The number of guanidine groups is 1. The number of likely N-dealkylation sites (N-methyl/N-ethyl adjacent to an activating group) is 1. The smallest absolute Gasteiger partial charge is 0.191 e. The van der Waals surface area contributed by atoms with Crippen LogP contribution in [0.4, 0.5) is 0 Å². The number of hydrogen-bond acceptors (Lipinski definition) is 6. The monoisotopic (exact) mass is 303 g/mol. The number of hydrogen-bond donors (Lipinski definition) is 1. The van der Waals surface area contributed by atoms with Gasteiger partial charge in [-0.25, -0.2) is 9.98 Å². The predicted octanol–water partition coefficient (Wildman–Crippen LogP) is 0.178. The van der Waals surface area contributed by atoms with E-state index in [0.29, 0.717) is 12.0 Å². The summed E-state index contributed by atoms with van der Waals surface area (Å²) in [6.07, 6.45) is 7.99. The molecule has 3 heterocycles. The molecule has 22 heavy (non-hydrogen) atoms. The lowest BCUT2D eigenvalue weighted by Gasteiger charge is -2.15. The van der Waals surface area contributed by atoms with Crippen molar-refractivity contribution in [1.29, 1.82) is 0 Å². The normalized spacial score (nSPS) is 21.0. The molecule has 0 spiro atoms. The molecule has 7 heteroatoms. The summed E-state index contributed by atoms with van der Waals surface area (Å²) in [7, 11) is 0. The molecule has 2 N–H and O–H groups in total. The first-order chi connectivity index (χ1) is 10.7. The van der Waals surface area contributed by atoms with Crippen LogP contribution in [0.2, 0.25) is 0 Å². The van der Waals surface area contributed by atoms with Crippen LogP contribution >= 0.6 is 0 Å². The molecule has 1 atom stereocenters. The highest BCUT2D eigenvalue weighted by Crippen LogP contribution is 2.11. The molecule has 0 aromatic carbocycles. The highest BCUT2D eigenvalue weighted by molar-refractivity contribution is 5.79. The van der Waals surface area contributed by atoms with E-state index in [9.17, 15) is 0 Å². The van der Waals surface area contributed by atoms with E-state index < -0.39 is 0 Å². The molecule has 0 radical (unpaired) electrons. The Morgan fingerprint density at radius 3 is 3.00 bits per heavy atom. The summed E-state index contributed by atoms with van der Waals surface area (Å²) in [5, 5.41) is 0. The van der Waals surface area contributed by atoms with Crippen LogP contribution < -0.4 is 5.73 Å². The van der Waals surface area contributed by atoms with Gasteiger partial charge < -0.3 is 20.1 Å². The number of rotatable bonds is 7. The zero-order valence-electron chi connectivity index (χ0n) is 13.2. The van der Waals surface area contributed by atoms with Gasteiger partial charge in [0.2, 0.25) is 0 Å². The predicted molar refractivity (Wildman–Crippen MR) is 88.1 cm³/mol. The van der Waals surface area contributed by atoms with Crippen molar-refractivity contribution in [2.24, 2.45) is 15.7 Å². The standard InChI is InChI=1S/C15H25N7/c1-2-22-10-14(19-15(22)16)4-7-21-9-13(18-12-21)3-6-20-8-5-17-11-20/h9,11-12,14H,2-8,10H2,1H3,(H2,16,19). The topological polar surface area (TPSA) is 75.0 Å². The van der Waals surface area contributed by atoms with E-state index >= 15 is 0 Å². The van der Waals surface area contributed by atoms with Crippen molar-refractivity contribution in [1.82, 2.24) is 19.4 Å². The summed E-state index contributed by atoms with van der Waals surface area (Å²) in [4.78, 5) is 17.6. The fourth-order valence-corrected chi connectivity index (χ4v) is 2.91. The summed E-state index contributed by atoms with van der Waals surface area (Å²) < 4.78 is 2.16.